The molecule has 1 saturated heterocycles. The maximum atomic E-state index is 15.0. The number of piperazine rings is 1. The topological polar surface area (TPSA) is 76.7 Å². The van der Waals surface area contributed by atoms with Gasteiger partial charge < -0.3 is 20.9 Å². The fourth-order valence-electron chi connectivity index (χ4n) is 4.87. The van der Waals surface area contributed by atoms with E-state index in [-0.39, 0.29) is 30.6 Å². The maximum Gasteiger partial charge on any atom is 0.390 e. The summed E-state index contributed by atoms with van der Waals surface area (Å²) in [5.74, 6) is -3.65. The van der Waals surface area contributed by atoms with Gasteiger partial charge in [-0.25, -0.2) is 8.78 Å². The number of rotatable bonds is 11. The summed E-state index contributed by atoms with van der Waals surface area (Å²) in [6.07, 6.45) is -4.49. The third-order valence-corrected chi connectivity index (χ3v) is 7.50. The van der Waals surface area contributed by atoms with Gasteiger partial charge in [0.1, 0.15) is 0 Å². The molecule has 2 amide bonds. The average Bonchev–Trinajstić information content (AvgIpc) is 2.92. The first-order valence-corrected chi connectivity index (χ1v) is 14.2. The van der Waals surface area contributed by atoms with Crippen molar-refractivity contribution in [3.63, 3.8) is 0 Å². The monoisotopic (exact) mass is 617 g/mol. The van der Waals surface area contributed by atoms with Gasteiger partial charge in [-0.15, -0.1) is 0 Å². The van der Waals surface area contributed by atoms with Crippen molar-refractivity contribution in [2.24, 2.45) is 5.92 Å². The second-order valence-corrected chi connectivity index (χ2v) is 11.3. The Bertz CT molecular complexity index is 1260. The summed E-state index contributed by atoms with van der Waals surface area (Å²) in [7, 11) is 1.59. The summed E-state index contributed by atoms with van der Waals surface area (Å²) in [5, 5.41) is 8.26. The number of nitrogens with one attached hydrogen (secondary N) is 3. The van der Waals surface area contributed by atoms with Crippen LogP contribution in [-0.4, -0.2) is 68.2 Å². The predicted molar refractivity (Wildman–Crippen MR) is 154 cm³/mol. The first-order chi connectivity index (χ1) is 19.7. The Morgan fingerprint density at radius 3 is 2.43 bits per heavy atom. The molecule has 0 radical (unpaired) electrons. The second kappa shape index (κ2) is 14.5. The van der Waals surface area contributed by atoms with Crippen LogP contribution in [0.15, 0.2) is 30.3 Å². The molecule has 232 valence electrons. The van der Waals surface area contributed by atoms with Gasteiger partial charge in [0.25, 0.3) is 5.91 Å². The van der Waals surface area contributed by atoms with Gasteiger partial charge in [0.15, 0.2) is 11.6 Å². The van der Waals surface area contributed by atoms with Crippen LogP contribution in [0, 0.1) is 17.6 Å². The lowest BCUT2D eigenvalue weighted by molar-refractivity contribution is -0.139. The molecule has 1 fully saturated rings. The lowest BCUT2D eigenvalue weighted by Gasteiger charge is -2.43. The van der Waals surface area contributed by atoms with Crippen molar-refractivity contribution in [2.75, 3.05) is 43.4 Å². The molecule has 42 heavy (non-hydrogen) atoms. The number of benzene rings is 2. The van der Waals surface area contributed by atoms with E-state index in [1.54, 1.807) is 32.2 Å². The fourth-order valence-corrected chi connectivity index (χ4v) is 5.04. The molecule has 7 nitrogen and oxygen atoms in total. The Labute approximate surface area is 247 Å². The second-order valence-electron chi connectivity index (χ2n) is 10.9. The molecule has 0 bridgehead atoms. The highest BCUT2D eigenvalue weighted by Crippen LogP contribution is 2.33. The largest absolute Gasteiger partial charge is 0.390 e. The molecule has 2 atom stereocenters. The van der Waals surface area contributed by atoms with E-state index in [0.717, 1.165) is 6.07 Å². The highest BCUT2D eigenvalue weighted by molar-refractivity contribution is 6.31. The Kier molecular flexibility index (Phi) is 11.6. The van der Waals surface area contributed by atoms with Crippen molar-refractivity contribution in [2.45, 2.75) is 58.4 Å². The number of amides is 2. The number of anilines is 2. The molecule has 0 aromatic heterocycles. The number of hydrogen-bond acceptors (Lipinski definition) is 5. The van der Waals surface area contributed by atoms with Gasteiger partial charge in [0.05, 0.1) is 29.4 Å². The van der Waals surface area contributed by atoms with E-state index in [1.807, 2.05) is 23.6 Å². The molecule has 1 aliphatic rings. The minimum absolute atomic E-state index is 0.104. The Morgan fingerprint density at radius 2 is 1.79 bits per heavy atom. The van der Waals surface area contributed by atoms with Crippen molar-refractivity contribution in [1.29, 1.82) is 0 Å². The van der Waals surface area contributed by atoms with Crippen LogP contribution < -0.4 is 20.9 Å². The van der Waals surface area contributed by atoms with Crippen molar-refractivity contribution >= 4 is 34.8 Å². The Balaban J connectivity index is 1.79. The number of carbonyl (C=O) groups is 2. The van der Waals surface area contributed by atoms with E-state index in [1.165, 1.54) is 6.07 Å². The fraction of sp³-hybridized carbons (Fsp3) is 0.517. The zero-order valence-electron chi connectivity index (χ0n) is 24.0. The quantitative estimate of drug-likeness (QED) is 0.287. The summed E-state index contributed by atoms with van der Waals surface area (Å²) >= 11 is 6.26. The van der Waals surface area contributed by atoms with Crippen molar-refractivity contribution in [1.82, 2.24) is 15.5 Å². The van der Waals surface area contributed by atoms with Crippen molar-refractivity contribution < 1.29 is 31.5 Å². The van der Waals surface area contributed by atoms with Gasteiger partial charge in [-0.1, -0.05) is 31.5 Å². The third-order valence-electron chi connectivity index (χ3n) is 7.27. The van der Waals surface area contributed by atoms with E-state index < -0.39 is 47.7 Å². The van der Waals surface area contributed by atoms with Crippen LogP contribution >= 0.6 is 11.6 Å². The molecular weight excluding hydrogens is 581 g/mol. The standard InChI is InChI=1S/C29H37ClF5N5O2/c1-17(2)13-21-16-40(12-11-39(21)10-9-29(33,34)35)24-14-20(30)6-8-23(24)38-28(42)22-7-5-19(25(31)26(22)32)15-37-27(41)18(3)36-4/h5-8,14,17-18,21,36H,9-13,15-16H2,1-4H3,(H,37,41)(H,38,42)/t18-,21+/m1/s1. The van der Waals surface area contributed by atoms with Gasteiger partial charge >= 0.3 is 6.18 Å². The van der Waals surface area contributed by atoms with Gasteiger partial charge in [0.2, 0.25) is 5.91 Å². The highest BCUT2D eigenvalue weighted by Gasteiger charge is 2.33. The Morgan fingerprint density at radius 1 is 1.07 bits per heavy atom. The van der Waals surface area contributed by atoms with Gasteiger partial charge in [-0.05, 0) is 50.6 Å². The Hall–Kier alpha value is -2.96. The first-order valence-electron chi connectivity index (χ1n) is 13.8. The van der Waals surface area contributed by atoms with E-state index in [0.29, 0.717) is 42.5 Å². The maximum absolute atomic E-state index is 15.0. The molecule has 0 saturated carbocycles. The normalized spacial score (nSPS) is 16.9. The van der Waals surface area contributed by atoms with Crippen LogP contribution in [0.4, 0.5) is 33.3 Å². The third kappa shape index (κ3) is 9.02. The molecule has 0 unspecified atom stereocenters. The average molecular weight is 618 g/mol. The van der Waals surface area contributed by atoms with E-state index >= 15 is 0 Å². The van der Waals surface area contributed by atoms with Gasteiger partial charge in [-0.2, -0.15) is 13.2 Å². The first kappa shape index (κ1) is 33.5. The summed E-state index contributed by atoms with van der Waals surface area (Å²) in [5.41, 5.74) is 0.182. The van der Waals surface area contributed by atoms with Gasteiger partial charge in [-0.3, -0.25) is 14.5 Å². The summed E-state index contributed by atoms with van der Waals surface area (Å²) < 4.78 is 68.6. The highest BCUT2D eigenvalue weighted by atomic mass is 35.5. The number of hydrogen-bond donors (Lipinski definition) is 3. The number of halogens is 6. The van der Waals surface area contributed by atoms with E-state index in [9.17, 15) is 31.5 Å². The minimum Gasteiger partial charge on any atom is -0.367 e. The van der Waals surface area contributed by atoms with E-state index in [2.05, 4.69) is 16.0 Å². The zero-order valence-corrected chi connectivity index (χ0v) is 24.8. The minimum atomic E-state index is -4.25. The molecule has 0 spiro atoms. The lowest BCUT2D eigenvalue weighted by Crippen LogP contribution is -2.54. The molecule has 3 N–H and O–H groups in total. The molecule has 13 heteroatoms. The van der Waals surface area contributed by atoms with Crippen LogP contribution in [-0.2, 0) is 11.3 Å². The number of alkyl halides is 3. The van der Waals surface area contributed by atoms with Crippen LogP contribution in [0.25, 0.3) is 0 Å². The molecule has 2 aromatic carbocycles. The van der Waals surface area contributed by atoms with Crippen molar-refractivity contribution in [3.05, 3.63) is 58.1 Å². The van der Waals surface area contributed by atoms with Crippen LogP contribution in [0.2, 0.25) is 5.02 Å². The summed E-state index contributed by atoms with van der Waals surface area (Å²) in [4.78, 5) is 28.8. The smallest absolute Gasteiger partial charge is 0.367 e. The van der Waals surface area contributed by atoms with Crippen LogP contribution in [0.1, 0.15) is 49.5 Å². The molecule has 0 aliphatic carbocycles. The molecular formula is C29H37ClF5N5O2. The van der Waals surface area contributed by atoms with Gasteiger partial charge in [0, 0.05) is 49.4 Å². The summed E-state index contributed by atoms with van der Waals surface area (Å²) in [6, 6.07) is 6.40. The summed E-state index contributed by atoms with van der Waals surface area (Å²) in [6.45, 7) is 6.40. The SMILES string of the molecule is CN[C@H](C)C(=O)NCc1ccc(C(=O)Nc2ccc(Cl)cc2N2CCN(CCC(F)(F)F)[C@@H](CC(C)C)C2)c(F)c1F. The van der Waals surface area contributed by atoms with E-state index in [4.69, 9.17) is 11.6 Å². The number of nitrogens with zero attached hydrogens (tertiary/aromatic N) is 2. The zero-order chi connectivity index (χ0) is 31.2. The lowest BCUT2D eigenvalue weighted by atomic mass is 9.99. The molecule has 2 aromatic rings. The number of likely N-dealkylation sites (N-methyl/N-ethyl adjacent to an activating group) is 1. The molecule has 1 heterocycles. The number of carbonyl (C=O) groups excluding carboxylic acids is 2. The predicted octanol–water partition coefficient (Wildman–Crippen LogP) is 5.58. The van der Waals surface area contributed by atoms with Crippen molar-refractivity contribution in [3.8, 4) is 0 Å². The molecule has 3 rings (SSSR count). The van der Waals surface area contributed by atoms with Crippen LogP contribution in [0.5, 0.6) is 0 Å². The molecule has 1 aliphatic heterocycles. The van der Waals surface area contributed by atoms with Crippen LogP contribution in [0.3, 0.4) is 0 Å².